The van der Waals surface area contributed by atoms with E-state index in [1.807, 2.05) is 29.8 Å². The molecular weight excluding hydrogens is 395 g/mol. The summed E-state index contributed by atoms with van der Waals surface area (Å²) < 4.78 is 18.7. The molecule has 1 fully saturated rings. The van der Waals surface area contributed by atoms with Crippen LogP contribution in [0.4, 0.5) is 4.39 Å². The molecular formula is C24H31FN4O2. The minimum absolute atomic E-state index is 0.238. The monoisotopic (exact) mass is 426 g/mol. The largest absolute Gasteiger partial charge is 0.492 e. The Hall–Kier alpha value is -3.09. The summed E-state index contributed by atoms with van der Waals surface area (Å²) in [6, 6.07) is 14.3. The summed E-state index contributed by atoms with van der Waals surface area (Å²) in [5.74, 6) is 1.40. The molecule has 0 radical (unpaired) electrons. The van der Waals surface area contributed by atoms with Gasteiger partial charge in [0.25, 0.3) is 0 Å². The van der Waals surface area contributed by atoms with E-state index in [2.05, 4.69) is 23.5 Å². The van der Waals surface area contributed by atoms with Gasteiger partial charge < -0.3 is 19.9 Å². The molecule has 7 heteroatoms. The maximum absolute atomic E-state index is 13.0. The molecule has 1 N–H and O–H groups in total. The van der Waals surface area contributed by atoms with Crippen molar-refractivity contribution in [1.82, 2.24) is 15.1 Å². The summed E-state index contributed by atoms with van der Waals surface area (Å²) in [4.78, 5) is 20.6. The summed E-state index contributed by atoms with van der Waals surface area (Å²) >= 11 is 0. The number of hydrogen-bond donors (Lipinski definition) is 1. The molecule has 2 aromatic carbocycles. The normalized spacial score (nSPS) is 14.1. The fourth-order valence-corrected chi connectivity index (χ4v) is 3.49. The molecule has 0 bridgehead atoms. The maximum atomic E-state index is 13.0. The first-order valence-electron chi connectivity index (χ1n) is 10.8. The lowest BCUT2D eigenvalue weighted by Crippen LogP contribution is -2.40. The summed E-state index contributed by atoms with van der Waals surface area (Å²) in [5, 5.41) is 3.31. The van der Waals surface area contributed by atoms with E-state index >= 15 is 0 Å². The number of likely N-dealkylation sites (tertiary alicyclic amines) is 1. The van der Waals surface area contributed by atoms with Gasteiger partial charge in [-0.05, 0) is 48.7 Å². The number of carbonyl (C=O) groups excluding carboxylic acids is 1. The molecule has 0 atom stereocenters. The van der Waals surface area contributed by atoms with Crippen molar-refractivity contribution < 1.29 is 13.9 Å². The predicted octanol–water partition coefficient (Wildman–Crippen LogP) is 3.42. The molecule has 0 aliphatic carbocycles. The summed E-state index contributed by atoms with van der Waals surface area (Å²) in [7, 11) is 1.96. The van der Waals surface area contributed by atoms with Gasteiger partial charge in [0.2, 0.25) is 5.91 Å². The highest BCUT2D eigenvalue weighted by atomic mass is 19.1. The topological polar surface area (TPSA) is 57.2 Å². The molecule has 1 aliphatic heterocycles. The second-order valence-electron chi connectivity index (χ2n) is 7.63. The third kappa shape index (κ3) is 6.98. The summed E-state index contributed by atoms with van der Waals surface area (Å²) in [6.45, 7) is 5.96. The van der Waals surface area contributed by atoms with E-state index in [0.717, 1.165) is 36.6 Å². The molecule has 0 saturated carbocycles. The number of carbonyl (C=O) groups is 1. The SMILES string of the molecule is CCNC(=NCc1cccc(CN2CCCC2=O)c1)N(C)CCOc1ccc(F)cc1. The molecule has 166 valence electrons. The van der Waals surface area contributed by atoms with Crippen LogP contribution < -0.4 is 10.1 Å². The van der Waals surface area contributed by atoms with Crippen LogP contribution in [-0.2, 0) is 17.9 Å². The molecule has 31 heavy (non-hydrogen) atoms. The second-order valence-corrected chi connectivity index (χ2v) is 7.63. The Labute approximate surface area is 183 Å². The van der Waals surface area contributed by atoms with Gasteiger partial charge in [-0.2, -0.15) is 0 Å². The number of aliphatic imine (C=N–C) groups is 1. The number of nitrogens with one attached hydrogen (secondary N) is 1. The number of guanidine groups is 1. The van der Waals surface area contributed by atoms with E-state index in [9.17, 15) is 9.18 Å². The lowest BCUT2D eigenvalue weighted by atomic mass is 10.1. The molecule has 0 aromatic heterocycles. The molecule has 1 saturated heterocycles. The van der Waals surface area contributed by atoms with E-state index in [-0.39, 0.29) is 11.7 Å². The minimum Gasteiger partial charge on any atom is -0.492 e. The highest BCUT2D eigenvalue weighted by molar-refractivity contribution is 5.79. The first kappa shape index (κ1) is 22.6. The number of rotatable bonds is 9. The maximum Gasteiger partial charge on any atom is 0.222 e. The number of likely N-dealkylation sites (N-methyl/N-ethyl adjacent to an activating group) is 1. The molecule has 1 aliphatic rings. The van der Waals surface area contributed by atoms with Gasteiger partial charge in [0.15, 0.2) is 5.96 Å². The Kier molecular flexibility index (Phi) is 8.27. The molecule has 1 amide bonds. The lowest BCUT2D eigenvalue weighted by molar-refractivity contribution is -0.128. The van der Waals surface area contributed by atoms with Crippen LogP contribution in [0.15, 0.2) is 53.5 Å². The first-order chi connectivity index (χ1) is 15.0. The van der Waals surface area contributed by atoms with Crippen molar-refractivity contribution in [2.75, 3.05) is 33.3 Å². The lowest BCUT2D eigenvalue weighted by Gasteiger charge is -2.22. The Morgan fingerprint density at radius 1 is 1.23 bits per heavy atom. The fraction of sp³-hybridized carbons (Fsp3) is 0.417. The van der Waals surface area contributed by atoms with Crippen LogP contribution in [0.5, 0.6) is 5.75 Å². The Balaban J connectivity index is 1.54. The Bertz CT molecular complexity index is 885. The Morgan fingerprint density at radius 3 is 2.71 bits per heavy atom. The van der Waals surface area contributed by atoms with Gasteiger partial charge >= 0.3 is 0 Å². The van der Waals surface area contributed by atoms with Gasteiger partial charge in [-0.1, -0.05) is 24.3 Å². The number of nitrogens with zero attached hydrogens (tertiary/aromatic N) is 3. The van der Waals surface area contributed by atoms with Crippen LogP contribution in [0.25, 0.3) is 0 Å². The van der Waals surface area contributed by atoms with E-state index in [1.165, 1.54) is 12.1 Å². The quantitative estimate of drug-likeness (QED) is 0.493. The average Bonchev–Trinajstić information content (AvgIpc) is 3.17. The molecule has 1 heterocycles. The number of amides is 1. The van der Waals surface area contributed by atoms with Crippen molar-refractivity contribution in [3.05, 3.63) is 65.5 Å². The van der Waals surface area contributed by atoms with E-state index < -0.39 is 0 Å². The van der Waals surface area contributed by atoms with Crippen LogP contribution in [0, 0.1) is 5.82 Å². The highest BCUT2D eigenvalue weighted by Gasteiger charge is 2.19. The number of halogens is 1. The van der Waals surface area contributed by atoms with Gasteiger partial charge in [0.1, 0.15) is 18.2 Å². The van der Waals surface area contributed by atoms with Crippen LogP contribution in [0.2, 0.25) is 0 Å². The molecule has 2 aromatic rings. The van der Waals surface area contributed by atoms with E-state index in [4.69, 9.17) is 9.73 Å². The number of ether oxygens (including phenoxy) is 1. The first-order valence-corrected chi connectivity index (χ1v) is 10.8. The van der Waals surface area contributed by atoms with Crippen LogP contribution in [0.3, 0.4) is 0 Å². The van der Waals surface area contributed by atoms with Crippen molar-refractivity contribution in [1.29, 1.82) is 0 Å². The highest BCUT2D eigenvalue weighted by Crippen LogP contribution is 2.16. The van der Waals surface area contributed by atoms with Crippen molar-refractivity contribution >= 4 is 11.9 Å². The third-order valence-electron chi connectivity index (χ3n) is 5.15. The predicted molar refractivity (Wildman–Crippen MR) is 120 cm³/mol. The number of benzene rings is 2. The molecule has 3 rings (SSSR count). The van der Waals surface area contributed by atoms with Gasteiger partial charge in [-0.3, -0.25) is 4.79 Å². The van der Waals surface area contributed by atoms with Gasteiger partial charge in [0, 0.05) is 33.1 Å². The molecule has 0 unspecified atom stereocenters. The van der Waals surface area contributed by atoms with Crippen LogP contribution in [-0.4, -0.2) is 55.0 Å². The molecule has 6 nitrogen and oxygen atoms in total. The molecule has 0 spiro atoms. The zero-order chi connectivity index (χ0) is 22.1. The van der Waals surface area contributed by atoms with E-state index in [0.29, 0.717) is 38.4 Å². The standard InChI is InChI=1S/C24H31FN4O2/c1-3-26-24(28(2)14-15-31-22-11-9-21(25)10-12-22)27-17-19-6-4-7-20(16-19)18-29-13-5-8-23(29)30/h4,6-7,9-12,16H,3,5,8,13-15,17-18H2,1-2H3,(H,26,27). The van der Waals surface area contributed by atoms with Gasteiger partial charge in [-0.15, -0.1) is 0 Å². The minimum atomic E-state index is -0.276. The number of hydrogen-bond acceptors (Lipinski definition) is 3. The fourth-order valence-electron chi connectivity index (χ4n) is 3.49. The van der Waals surface area contributed by atoms with Crippen molar-refractivity contribution in [2.45, 2.75) is 32.9 Å². The Morgan fingerprint density at radius 2 is 2.00 bits per heavy atom. The van der Waals surface area contributed by atoms with Crippen LogP contribution >= 0.6 is 0 Å². The summed E-state index contributed by atoms with van der Waals surface area (Å²) in [5.41, 5.74) is 2.24. The van der Waals surface area contributed by atoms with Gasteiger partial charge in [0.05, 0.1) is 13.1 Å². The van der Waals surface area contributed by atoms with Gasteiger partial charge in [-0.25, -0.2) is 9.38 Å². The smallest absolute Gasteiger partial charge is 0.222 e. The average molecular weight is 427 g/mol. The second kappa shape index (κ2) is 11.3. The van der Waals surface area contributed by atoms with Crippen molar-refractivity contribution in [2.24, 2.45) is 4.99 Å². The van der Waals surface area contributed by atoms with Crippen molar-refractivity contribution in [3.63, 3.8) is 0 Å². The zero-order valence-electron chi connectivity index (χ0n) is 18.3. The third-order valence-corrected chi connectivity index (χ3v) is 5.15. The van der Waals surface area contributed by atoms with E-state index in [1.54, 1.807) is 12.1 Å². The zero-order valence-corrected chi connectivity index (χ0v) is 18.3. The van der Waals surface area contributed by atoms with Crippen LogP contribution in [0.1, 0.15) is 30.9 Å². The summed E-state index contributed by atoms with van der Waals surface area (Å²) in [6.07, 6.45) is 1.61. The van der Waals surface area contributed by atoms with Crippen molar-refractivity contribution in [3.8, 4) is 5.75 Å².